The summed E-state index contributed by atoms with van der Waals surface area (Å²) in [5.41, 5.74) is 2.68. The van der Waals surface area contributed by atoms with Gasteiger partial charge in [0.2, 0.25) is 0 Å². The van der Waals surface area contributed by atoms with Gasteiger partial charge in [-0.3, -0.25) is 4.90 Å². The summed E-state index contributed by atoms with van der Waals surface area (Å²) in [6.45, 7) is 1.84. The molecule has 128 valence electrons. The van der Waals surface area contributed by atoms with E-state index in [9.17, 15) is 13.2 Å². The first-order chi connectivity index (χ1) is 11.0. The van der Waals surface area contributed by atoms with E-state index in [1.807, 2.05) is 18.2 Å². The molecule has 0 unspecified atom stereocenters. The summed E-state index contributed by atoms with van der Waals surface area (Å²) >= 11 is 0. The summed E-state index contributed by atoms with van der Waals surface area (Å²) in [5, 5.41) is 0. The zero-order valence-electron chi connectivity index (χ0n) is 13.1. The maximum Gasteiger partial charge on any atom is 0.416 e. The van der Waals surface area contributed by atoms with Crippen molar-refractivity contribution in [1.82, 2.24) is 4.90 Å². The van der Waals surface area contributed by atoms with Gasteiger partial charge in [0.25, 0.3) is 0 Å². The minimum absolute atomic E-state index is 0. The average molecular weight is 354 g/mol. The molecule has 0 bridgehead atoms. The van der Waals surface area contributed by atoms with Crippen molar-refractivity contribution in [3.05, 3.63) is 70.8 Å². The van der Waals surface area contributed by atoms with Gasteiger partial charge < -0.3 is 0 Å². The standard InChI is InChI=1S/C19H18F3N.ClH/c20-19(21,22)14-6-3-5-13(11-14)17-12-23-10-4-9-18(23)16-8-2-1-7-15(16)17;/h1-3,5-8,11,17-18H,4,9-10,12H2;1H/t17-,18+;/m1./s1. The zero-order valence-corrected chi connectivity index (χ0v) is 13.9. The van der Waals surface area contributed by atoms with E-state index in [0.717, 1.165) is 37.6 Å². The third kappa shape index (κ3) is 2.93. The Kier molecular flexibility index (Phi) is 4.63. The van der Waals surface area contributed by atoms with Crippen molar-refractivity contribution < 1.29 is 13.2 Å². The summed E-state index contributed by atoms with van der Waals surface area (Å²) < 4.78 is 39.1. The van der Waals surface area contributed by atoms with Gasteiger partial charge in [0, 0.05) is 18.5 Å². The zero-order chi connectivity index (χ0) is 16.0. The SMILES string of the molecule is Cl.FC(F)(F)c1cccc([C@H]2CN3CCC[C@H]3c3ccccc32)c1. The molecule has 0 spiro atoms. The molecule has 24 heavy (non-hydrogen) atoms. The number of hydrogen-bond donors (Lipinski definition) is 0. The highest BCUT2D eigenvalue weighted by molar-refractivity contribution is 5.85. The minimum Gasteiger partial charge on any atom is -0.295 e. The van der Waals surface area contributed by atoms with Gasteiger partial charge in [-0.05, 0) is 42.1 Å². The van der Waals surface area contributed by atoms with E-state index in [4.69, 9.17) is 0 Å². The molecule has 4 rings (SSSR count). The predicted octanol–water partition coefficient (Wildman–Crippen LogP) is 5.41. The van der Waals surface area contributed by atoms with Crippen molar-refractivity contribution in [2.24, 2.45) is 0 Å². The van der Waals surface area contributed by atoms with Crippen LogP contribution in [0, 0.1) is 0 Å². The van der Waals surface area contributed by atoms with Crippen LogP contribution in [0.4, 0.5) is 13.2 Å². The Balaban J connectivity index is 0.00000169. The lowest BCUT2D eigenvalue weighted by Gasteiger charge is -2.37. The van der Waals surface area contributed by atoms with Gasteiger partial charge in [-0.15, -0.1) is 12.4 Å². The summed E-state index contributed by atoms with van der Waals surface area (Å²) in [6.07, 6.45) is -1.99. The molecule has 5 heteroatoms. The molecule has 1 nitrogen and oxygen atoms in total. The Morgan fingerprint density at radius 2 is 1.71 bits per heavy atom. The molecule has 2 aliphatic rings. The van der Waals surface area contributed by atoms with Crippen molar-refractivity contribution in [3.8, 4) is 0 Å². The molecular formula is C19H19ClF3N. The Hall–Kier alpha value is -1.52. The van der Waals surface area contributed by atoms with Gasteiger partial charge in [0.05, 0.1) is 5.56 Å². The molecule has 2 aliphatic heterocycles. The average Bonchev–Trinajstić information content (AvgIpc) is 3.02. The molecular weight excluding hydrogens is 335 g/mol. The second kappa shape index (κ2) is 6.41. The quantitative estimate of drug-likeness (QED) is 0.662. The van der Waals surface area contributed by atoms with Crippen LogP contribution in [0.2, 0.25) is 0 Å². The van der Waals surface area contributed by atoms with Crippen molar-refractivity contribution in [2.45, 2.75) is 31.0 Å². The van der Waals surface area contributed by atoms with Crippen LogP contribution < -0.4 is 0 Å². The van der Waals surface area contributed by atoms with Crippen molar-refractivity contribution in [2.75, 3.05) is 13.1 Å². The maximum atomic E-state index is 13.0. The number of rotatable bonds is 1. The fraction of sp³-hybridized carbons (Fsp3) is 0.368. The van der Waals surface area contributed by atoms with Crippen LogP contribution in [0.1, 0.15) is 47.1 Å². The number of hydrogen-bond acceptors (Lipinski definition) is 1. The molecule has 2 heterocycles. The molecule has 2 atom stereocenters. The van der Waals surface area contributed by atoms with Crippen molar-refractivity contribution >= 4 is 12.4 Å². The van der Waals surface area contributed by atoms with Crippen LogP contribution in [-0.4, -0.2) is 18.0 Å². The topological polar surface area (TPSA) is 3.24 Å². The lowest BCUT2D eigenvalue weighted by molar-refractivity contribution is -0.137. The number of benzene rings is 2. The van der Waals surface area contributed by atoms with Gasteiger partial charge in [-0.2, -0.15) is 13.2 Å². The second-order valence-electron chi connectivity index (χ2n) is 6.46. The molecule has 1 saturated heterocycles. The first-order valence-corrected chi connectivity index (χ1v) is 8.04. The minimum atomic E-state index is -4.29. The second-order valence-corrected chi connectivity index (χ2v) is 6.46. The van der Waals surface area contributed by atoms with E-state index >= 15 is 0 Å². The van der Waals surface area contributed by atoms with E-state index in [1.165, 1.54) is 23.3 Å². The highest BCUT2D eigenvalue weighted by Gasteiger charge is 2.37. The Morgan fingerprint density at radius 1 is 0.958 bits per heavy atom. The molecule has 1 fully saturated rings. The third-order valence-electron chi connectivity index (χ3n) is 5.13. The smallest absolute Gasteiger partial charge is 0.295 e. The van der Waals surface area contributed by atoms with Crippen molar-refractivity contribution in [3.63, 3.8) is 0 Å². The van der Waals surface area contributed by atoms with Gasteiger partial charge in [-0.25, -0.2) is 0 Å². The summed E-state index contributed by atoms with van der Waals surface area (Å²) in [6, 6.07) is 14.5. The summed E-state index contributed by atoms with van der Waals surface area (Å²) in [5.74, 6) is 0.0165. The normalized spacial score (nSPS) is 23.3. The summed E-state index contributed by atoms with van der Waals surface area (Å²) in [7, 11) is 0. The molecule has 2 aromatic carbocycles. The number of alkyl halides is 3. The molecule has 2 aromatic rings. The highest BCUT2D eigenvalue weighted by atomic mass is 35.5. The monoisotopic (exact) mass is 353 g/mol. The van der Waals surface area contributed by atoms with Gasteiger partial charge in [-0.1, -0.05) is 42.5 Å². The lowest BCUT2D eigenvalue weighted by atomic mass is 9.81. The molecule has 0 N–H and O–H groups in total. The third-order valence-corrected chi connectivity index (χ3v) is 5.13. The van der Waals surface area contributed by atoms with Gasteiger partial charge in [0.15, 0.2) is 0 Å². The van der Waals surface area contributed by atoms with Crippen molar-refractivity contribution in [1.29, 1.82) is 0 Å². The maximum absolute atomic E-state index is 13.0. The molecule has 0 aromatic heterocycles. The van der Waals surface area contributed by atoms with Gasteiger partial charge in [0.1, 0.15) is 0 Å². The molecule has 0 saturated carbocycles. The fourth-order valence-corrected chi connectivity index (χ4v) is 4.08. The Labute approximate surface area is 145 Å². The fourth-order valence-electron chi connectivity index (χ4n) is 4.08. The van der Waals surface area contributed by atoms with Crippen LogP contribution in [0.5, 0.6) is 0 Å². The Morgan fingerprint density at radius 3 is 2.46 bits per heavy atom. The van der Waals surface area contributed by atoms with Crippen LogP contribution >= 0.6 is 12.4 Å². The number of fused-ring (bicyclic) bond motifs is 3. The number of halogens is 4. The lowest BCUT2D eigenvalue weighted by Crippen LogP contribution is -2.34. The van der Waals surface area contributed by atoms with E-state index < -0.39 is 11.7 Å². The molecule has 0 radical (unpaired) electrons. The van der Waals surface area contributed by atoms with E-state index in [-0.39, 0.29) is 18.3 Å². The highest BCUT2D eigenvalue weighted by Crippen LogP contribution is 2.44. The first-order valence-electron chi connectivity index (χ1n) is 8.04. The van der Waals surface area contributed by atoms with E-state index in [1.54, 1.807) is 0 Å². The molecule has 0 amide bonds. The number of nitrogens with zero attached hydrogens (tertiary/aromatic N) is 1. The van der Waals surface area contributed by atoms with Crippen LogP contribution in [-0.2, 0) is 6.18 Å². The van der Waals surface area contributed by atoms with Gasteiger partial charge >= 0.3 is 6.18 Å². The summed E-state index contributed by atoms with van der Waals surface area (Å²) in [4.78, 5) is 2.42. The van der Waals surface area contributed by atoms with Crippen LogP contribution in [0.25, 0.3) is 0 Å². The first kappa shape index (κ1) is 17.3. The molecule has 0 aliphatic carbocycles. The van der Waals surface area contributed by atoms with Crippen LogP contribution in [0.3, 0.4) is 0 Å². The van der Waals surface area contributed by atoms with Crippen LogP contribution in [0.15, 0.2) is 48.5 Å². The Bertz CT molecular complexity index is 729. The van der Waals surface area contributed by atoms with E-state index in [0.29, 0.717) is 6.04 Å². The predicted molar refractivity (Wildman–Crippen MR) is 90.5 cm³/mol. The van der Waals surface area contributed by atoms with E-state index in [2.05, 4.69) is 17.0 Å². The largest absolute Gasteiger partial charge is 0.416 e.